The minimum atomic E-state index is -0.313. The molecule has 0 aromatic heterocycles. The number of fused-ring (bicyclic) bond motifs is 1. The summed E-state index contributed by atoms with van der Waals surface area (Å²) < 4.78 is 6.03. The molecule has 3 unspecified atom stereocenters. The van der Waals surface area contributed by atoms with E-state index in [2.05, 4.69) is 43.0 Å². The Morgan fingerprint density at radius 2 is 1.88 bits per heavy atom. The molecule has 1 aliphatic carbocycles. The zero-order chi connectivity index (χ0) is 17.8. The lowest BCUT2D eigenvalue weighted by Crippen LogP contribution is -2.45. The first-order valence-electron chi connectivity index (χ1n) is 8.84. The molecule has 1 amide bonds. The molecule has 24 heavy (non-hydrogen) atoms. The highest BCUT2D eigenvalue weighted by molar-refractivity contribution is 5.69. The Morgan fingerprint density at radius 3 is 2.46 bits per heavy atom. The Hall–Kier alpha value is -1.55. The summed E-state index contributed by atoms with van der Waals surface area (Å²) in [6, 6.07) is 10.9. The van der Waals surface area contributed by atoms with E-state index in [0.29, 0.717) is 6.04 Å². The van der Waals surface area contributed by atoms with E-state index in [0.717, 1.165) is 19.5 Å². The van der Waals surface area contributed by atoms with Gasteiger partial charge < -0.3 is 9.64 Å². The highest BCUT2D eigenvalue weighted by Gasteiger charge is 2.73. The molecule has 4 heteroatoms. The lowest BCUT2D eigenvalue weighted by atomic mass is 10.1. The number of benzene rings is 1. The van der Waals surface area contributed by atoms with Crippen molar-refractivity contribution in [2.24, 2.45) is 5.41 Å². The van der Waals surface area contributed by atoms with Crippen LogP contribution < -0.4 is 0 Å². The minimum Gasteiger partial charge on any atom is -0.441 e. The maximum absolute atomic E-state index is 12.6. The Bertz CT molecular complexity index is 624. The summed E-state index contributed by atoms with van der Waals surface area (Å²) in [7, 11) is 1.82. The van der Waals surface area contributed by atoms with Gasteiger partial charge in [-0.15, -0.1) is 0 Å². The monoisotopic (exact) mass is 330 g/mol. The summed E-state index contributed by atoms with van der Waals surface area (Å²) in [6.07, 6.45) is 0.766. The van der Waals surface area contributed by atoms with Crippen LogP contribution in [0.5, 0.6) is 0 Å². The molecular formula is C20H30N2O2. The summed E-state index contributed by atoms with van der Waals surface area (Å²) in [5, 5.41) is 0. The van der Waals surface area contributed by atoms with Crippen LogP contribution in [0.25, 0.3) is 0 Å². The van der Waals surface area contributed by atoms with Crippen molar-refractivity contribution in [1.29, 1.82) is 0 Å². The minimum absolute atomic E-state index is 0.0877. The predicted octanol–water partition coefficient (Wildman–Crippen LogP) is 4.08. The normalized spacial score (nSPS) is 30.6. The zero-order valence-electron chi connectivity index (χ0n) is 15.8. The maximum Gasteiger partial charge on any atom is 0.410 e. The van der Waals surface area contributed by atoms with Crippen LogP contribution in [0.1, 0.15) is 52.6 Å². The van der Waals surface area contributed by atoms with Gasteiger partial charge in [0.2, 0.25) is 0 Å². The molecule has 1 aliphatic heterocycles. The third-order valence-corrected chi connectivity index (χ3v) is 6.05. The van der Waals surface area contributed by atoms with E-state index in [1.807, 2.05) is 33.9 Å². The van der Waals surface area contributed by atoms with Crippen LogP contribution in [0.15, 0.2) is 30.3 Å². The molecule has 1 aromatic rings. The highest BCUT2D eigenvalue weighted by Crippen LogP contribution is 2.64. The number of amides is 1. The fourth-order valence-corrected chi connectivity index (χ4v) is 3.78. The number of carbonyl (C=O) groups excluding carboxylic acids is 1. The number of hydrogen-bond acceptors (Lipinski definition) is 3. The summed E-state index contributed by atoms with van der Waals surface area (Å²) in [5.74, 6) is 0. The molecule has 1 heterocycles. The molecule has 0 radical (unpaired) electrons. The molecule has 0 bridgehead atoms. The Morgan fingerprint density at radius 1 is 1.25 bits per heavy atom. The molecule has 1 aromatic carbocycles. The first kappa shape index (κ1) is 17.3. The van der Waals surface area contributed by atoms with Crippen molar-refractivity contribution in [3.05, 3.63) is 35.9 Å². The number of carbonyl (C=O) groups is 1. The van der Waals surface area contributed by atoms with Crippen molar-refractivity contribution in [2.45, 2.75) is 58.2 Å². The van der Waals surface area contributed by atoms with Crippen molar-refractivity contribution in [2.75, 3.05) is 20.1 Å². The van der Waals surface area contributed by atoms with Crippen LogP contribution in [0.3, 0.4) is 0 Å². The van der Waals surface area contributed by atoms with Gasteiger partial charge >= 0.3 is 6.09 Å². The molecule has 3 rings (SSSR count). The molecule has 3 atom stereocenters. The smallest absolute Gasteiger partial charge is 0.410 e. The van der Waals surface area contributed by atoms with Gasteiger partial charge in [0, 0.05) is 37.1 Å². The van der Waals surface area contributed by atoms with E-state index in [4.69, 9.17) is 4.74 Å². The topological polar surface area (TPSA) is 32.8 Å². The fourth-order valence-electron chi connectivity index (χ4n) is 3.78. The van der Waals surface area contributed by atoms with Gasteiger partial charge in [0.15, 0.2) is 0 Å². The van der Waals surface area contributed by atoms with Crippen LogP contribution in [0.2, 0.25) is 0 Å². The second-order valence-corrected chi connectivity index (χ2v) is 8.82. The molecular weight excluding hydrogens is 300 g/mol. The van der Waals surface area contributed by atoms with Crippen molar-refractivity contribution in [1.82, 2.24) is 9.80 Å². The Kier molecular flexibility index (Phi) is 3.95. The highest BCUT2D eigenvalue weighted by atomic mass is 16.6. The number of nitrogens with zero attached hydrogens (tertiary/aromatic N) is 2. The lowest BCUT2D eigenvalue weighted by Gasteiger charge is -2.33. The molecule has 1 saturated carbocycles. The van der Waals surface area contributed by atoms with Crippen LogP contribution in [0.4, 0.5) is 4.79 Å². The van der Waals surface area contributed by atoms with Crippen LogP contribution in [0, 0.1) is 5.41 Å². The van der Waals surface area contributed by atoms with Crippen molar-refractivity contribution in [3.8, 4) is 0 Å². The molecule has 2 fully saturated rings. The van der Waals surface area contributed by atoms with E-state index in [9.17, 15) is 4.79 Å². The number of ether oxygens (including phenoxy) is 1. The molecule has 1 saturated heterocycles. The van der Waals surface area contributed by atoms with Gasteiger partial charge in [-0.05, 0) is 39.7 Å². The SMILES string of the molecule is CC(c1ccccc1)N1CC2(C)CC2(OC(=O)N(C)C(C)(C)C)C1. The Labute approximate surface area is 145 Å². The first-order chi connectivity index (χ1) is 11.1. The quantitative estimate of drug-likeness (QED) is 0.837. The van der Waals surface area contributed by atoms with E-state index >= 15 is 0 Å². The van der Waals surface area contributed by atoms with Gasteiger partial charge in [0.25, 0.3) is 0 Å². The molecule has 0 N–H and O–H groups in total. The van der Waals surface area contributed by atoms with Gasteiger partial charge in [-0.1, -0.05) is 37.3 Å². The van der Waals surface area contributed by atoms with Crippen LogP contribution in [-0.2, 0) is 4.74 Å². The van der Waals surface area contributed by atoms with E-state index in [-0.39, 0.29) is 22.6 Å². The fraction of sp³-hybridized carbons (Fsp3) is 0.650. The van der Waals surface area contributed by atoms with Gasteiger partial charge in [0.05, 0.1) is 0 Å². The summed E-state index contributed by atoms with van der Waals surface area (Å²) in [6.45, 7) is 12.4. The molecule has 4 nitrogen and oxygen atoms in total. The standard InChI is InChI=1S/C20H30N2O2/c1-15(16-10-8-7-9-11-16)22-13-19(5)12-20(19,14-22)24-17(23)21(6)18(2,3)4/h7-11,15H,12-14H2,1-6H3. The predicted molar refractivity (Wildman–Crippen MR) is 95.9 cm³/mol. The molecule has 2 aliphatic rings. The maximum atomic E-state index is 12.6. The second kappa shape index (κ2) is 5.48. The van der Waals surface area contributed by atoms with E-state index in [1.165, 1.54) is 5.56 Å². The molecule has 0 spiro atoms. The average Bonchev–Trinajstić information content (AvgIpc) is 2.96. The van der Waals surface area contributed by atoms with Crippen molar-refractivity contribution >= 4 is 6.09 Å². The summed E-state index contributed by atoms with van der Waals surface area (Å²) in [5.41, 5.74) is 0.863. The summed E-state index contributed by atoms with van der Waals surface area (Å²) in [4.78, 5) is 16.7. The van der Waals surface area contributed by atoms with Crippen molar-refractivity contribution in [3.63, 3.8) is 0 Å². The van der Waals surface area contributed by atoms with Gasteiger partial charge in [0.1, 0.15) is 5.60 Å². The average molecular weight is 330 g/mol. The van der Waals surface area contributed by atoms with Crippen molar-refractivity contribution < 1.29 is 9.53 Å². The lowest BCUT2D eigenvalue weighted by molar-refractivity contribution is 0.0234. The van der Waals surface area contributed by atoms with Gasteiger partial charge in [-0.2, -0.15) is 0 Å². The zero-order valence-corrected chi connectivity index (χ0v) is 15.8. The number of rotatable bonds is 3. The number of hydrogen-bond donors (Lipinski definition) is 0. The third-order valence-electron chi connectivity index (χ3n) is 6.05. The third kappa shape index (κ3) is 2.81. The van der Waals surface area contributed by atoms with Crippen LogP contribution in [-0.4, -0.2) is 47.2 Å². The van der Waals surface area contributed by atoms with Crippen LogP contribution >= 0.6 is 0 Å². The Balaban J connectivity index is 1.70. The first-order valence-corrected chi connectivity index (χ1v) is 8.84. The molecule has 132 valence electrons. The van der Waals surface area contributed by atoms with Gasteiger partial charge in [-0.3, -0.25) is 4.90 Å². The van der Waals surface area contributed by atoms with Gasteiger partial charge in [-0.25, -0.2) is 4.79 Å². The largest absolute Gasteiger partial charge is 0.441 e. The van der Waals surface area contributed by atoms with E-state index in [1.54, 1.807) is 4.90 Å². The van der Waals surface area contributed by atoms with E-state index < -0.39 is 0 Å². The second-order valence-electron chi connectivity index (χ2n) is 8.82. The number of likely N-dealkylation sites (tertiary alicyclic amines) is 1. The number of piperidine rings is 1. The summed E-state index contributed by atoms with van der Waals surface area (Å²) >= 11 is 0.